The van der Waals surface area contributed by atoms with E-state index in [-0.39, 0.29) is 31.2 Å². The molecule has 0 bridgehead atoms. The Morgan fingerprint density at radius 1 is 0.979 bits per heavy atom. The lowest BCUT2D eigenvalue weighted by molar-refractivity contribution is -0.144. The second-order valence-electron chi connectivity index (χ2n) is 16.0. The average molecular weight is 692 g/mol. The molecule has 3 rings (SSSR count). The van der Waals surface area contributed by atoms with Crippen LogP contribution in [0.1, 0.15) is 119 Å². The summed E-state index contributed by atoms with van der Waals surface area (Å²) in [7, 11) is -3.57. The minimum Gasteiger partial charge on any atom is -0.347 e. The second kappa shape index (κ2) is 15.6. The molecule has 1 heterocycles. The van der Waals surface area contributed by atoms with Crippen molar-refractivity contribution in [2.75, 3.05) is 12.3 Å². The molecule has 4 N–H and O–H groups in total. The molecule has 48 heavy (non-hydrogen) atoms. The van der Waals surface area contributed by atoms with Gasteiger partial charge in [-0.25, -0.2) is 13.2 Å². The van der Waals surface area contributed by atoms with Gasteiger partial charge in [-0.15, -0.1) is 12.3 Å². The highest BCUT2D eigenvalue weighted by Crippen LogP contribution is 2.33. The number of nitrogens with one attached hydrogen (secondary N) is 4. The molecule has 5 amide bonds. The van der Waals surface area contributed by atoms with Crippen molar-refractivity contribution in [1.82, 2.24) is 26.2 Å². The first-order chi connectivity index (χ1) is 22.2. The zero-order chi connectivity index (χ0) is 36.1. The standard InChI is InChI=1S/C35H57N5O7S/c1-9-11-15-25(27(41)30(43)36-24-16-17-24)37-29(42)26-20-23(10-2)21-40(26)31(44)28(33(3,4)5)38-32(45)39-35(18-13-12-14-19-35)22-48(46,47)34(6,7)8/h2,23-26,28H,9,11-22H2,1,3-8H3,(H,36,43)(H,37,42)(H2,38,39,45)/t23-,25+,26+,28-/m1/s1. The largest absolute Gasteiger partial charge is 0.347 e. The number of hydrogen-bond donors (Lipinski definition) is 4. The highest BCUT2D eigenvalue weighted by Gasteiger charge is 2.47. The van der Waals surface area contributed by atoms with Crippen LogP contribution in [0.15, 0.2) is 0 Å². The molecule has 2 saturated carbocycles. The number of nitrogens with zero attached hydrogens (tertiary/aromatic N) is 1. The van der Waals surface area contributed by atoms with Crippen LogP contribution in [0.2, 0.25) is 0 Å². The number of hydrogen-bond acceptors (Lipinski definition) is 7. The zero-order valence-corrected chi connectivity index (χ0v) is 30.7. The zero-order valence-electron chi connectivity index (χ0n) is 29.9. The SMILES string of the molecule is C#C[C@@H]1C[C@@H](C(=O)N[C@@H](CCCC)C(=O)C(=O)NC2CC2)N(C(=O)[C@@H](NC(=O)NC2(CS(=O)(=O)C(C)(C)C)CCCCC2)C(C)(C)C)C1. The lowest BCUT2D eigenvalue weighted by Crippen LogP contribution is -2.63. The number of ketones is 1. The Morgan fingerprint density at radius 2 is 1.60 bits per heavy atom. The summed E-state index contributed by atoms with van der Waals surface area (Å²) >= 11 is 0. The lowest BCUT2D eigenvalue weighted by Gasteiger charge is -2.41. The number of carbonyl (C=O) groups is 5. The summed E-state index contributed by atoms with van der Waals surface area (Å²) in [5.41, 5.74) is -1.78. The molecule has 13 heteroatoms. The fourth-order valence-corrected chi connectivity index (χ4v) is 7.89. The molecule has 2 aliphatic carbocycles. The number of rotatable bonds is 13. The van der Waals surface area contributed by atoms with Crippen molar-refractivity contribution in [1.29, 1.82) is 0 Å². The van der Waals surface area contributed by atoms with Crippen molar-refractivity contribution < 1.29 is 32.4 Å². The van der Waals surface area contributed by atoms with Crippen molar-refractivity contribution in [3.63, 3.8) is 0 Å². The molecule has 1 saturated heterocycles. The average Bonchev–Trinajstić information content (AvgIpc) is 3.69. The molecule has 270 valence electrons. The molecule has 0 spiro atoms. The first-order valence-corrected chi connectivity index (χ1v) is 19.1. The van der Waals surface area contributed by atoms with E-state index in [1.165, 1.54) is 4.90 Å². The van der Waals surface area contributed by atoms with Gasteiger partial charge in [0.15, 0.2) is 9.84 Å². The van der Waals surface area contributed by atoms with Crippen molar-refractivity contribution in [2.45, 2.75) is 154 Å². The third-order valence-electron chi connectivity index (χ3n) is 9.72. The van der Waals surface area contributed by atoms with Crippen LogP contribution in [0.3, 0.4) is 0 Å². The van der Waals surface area contributed by atoms with Gasteiger partial charge in [-0.3, -0.25) is 19.2 Å². The smallest absolute Gasteiger partial charge is 0.315 e. The predicted molar refractivity (Wildman–Crippen MR) is 184 cm³/mol. The van der Waals surface area contributed by atoms with Gasteiger partial charge in [0, 0.05) is 18.5 Å². The molecule has 0 aromatic rings. The van der Waals surface area contributed by atoms with Gasteiger partial charge in [0.1, 0.15) is 12.1 Å². The van der Waals surface area contributed by atoms with E-state index in [1.807, 2.05) is 6.92 Å². The molecule has 1 aliphatic heterocycles. The Labute approximate surface area is 287 Å². The van der Waals surface area contributed by atoms with E-state index in [2.05, 4.69) is 27.2 Å². The molecule has 12 nitrogen and oxygen atoms in total. The van der Waals surface area contributed by atoms with Crippen LogP contribution in [-0.4, -0.2) is 89.6 Å². The molecule has 0 aromatic heterocycles. The number of terminal acetylenes is 1. The summed E-state index contributed by atoms with van der Waals surface area (Å²) in [6.45, 7) is 12.3. The van der Waals surface area contributed by atoms with Crippen molar-refractivity contribution in [3.8, 4) is 12.3 Å². The van der Waals surface area contributed by atoms with Crippen LogP contribution in [0.4, 0.5) is 4.79 Å². The van der Waals surface area contributed by atoms with Crippen LogP contribution < -0.4 is 21.3 Å². The molecule has 3 fully saturated rings. The Morgan fingerprint density at radius 3 is 2.12 bits per heavy atom. The topological polar surface area (TPSA) is 171 Å². The number of Topliss-reactive ketones (excluding diaryl/α,β-unsaturated/α-hetero) is 1. The maximum Gasteiger partial charge on any atom is 0.315 e. The van der Waals surface area contributed by atoms with Gasteiger partial charge in [0.2, 0.25) is 17.6 Å². The van der Waals surface area contributed by atoms with Gasteiger partial charge >= 0.3 is 6.03 Å². The quantitative estimate of drug-likeness (QED) is 0.170. The molecule has 0 radical (unpaired) electrons. The van der Waals surface area contributed by atoms with E-state index in [1.54, 1.807) is 41.5 Å². The molecule has 4 atom stereocenters. The highest BCUT2D eigenvalue weighted by atomic mass is 32.2. The van der Waals surface area contributed by atoms with Crippen molar-refractivity contribution >= 4 is 39.4 Å². The van der Waals surface area contributed by atoms with Crippen LogP contribution in [0, 0.1) is 23.7 Å². The van der Waals surface area contributed by atoms with Crippen molar-refractivity contribution in [3.05, 3.63) is 0 Å². The summed E-state index contributed by atoms with van der Waals surface area (Å²) in [5.74, 6) is -0.547. The Kier molecular flexibility index (Phi) is 12.8. The number of carbonyl (C=O) groups excluding carboxylic acids is 5. The number of unbranched alkanes of at least 4 members (excludes halogenated alkanes) is 1. The Bertz CT molecular complexity index is 1360. The molecule has 3 aliphatic rings. The summed E-state index contributed by atoms with van der Waals surface area (Å²) < 4.78 is 25.5. The summed E-state index contributed by atoms with van der Waals surface area (Å²) in [6, 6.07) is -3.83. The lowest BCUT2D eigenvalue weighted by atomic mass is 9.83. The number of sulfone groups is 1. The van der Waals surface area contributed by atoms with E-state index < -0.39 is 79.1 Å². The van der Waals surface area contributed by atoms with Gasteiger partial charge in [-0.2, -0.15) is 0 Å². The third-order valence-corrected chi connectivity index (χ3v) is 12.5. The fraction of sp³-hybridized carbons (Fsp3) is 0.800. The Hall–Kier alpha value is -3.14. The molecule has 0 aromatic carbocycles. The van der Waals surface area contributed by atoms with E-state index >= 15 is 0 Å². The van der Waals surface area contributed by atoms with Crippen molar-refractivity contribution in [2.24, 2.45) is 11.3 Å². The number of urea groups is 1. The molecular formula is C35H57N5O7S. The molecule has 0 unspecified atom stereocenters. The molecular weight excluding hydrogens is 634 g/mol. The summed E-state index contributed by atoms with van der Waals surface area (Å²) in [4.78, 5) is 68.7. The van der Waals surface area contributed by atoms with Crippen LogP contribution >= 0.6 is 0 Å². The normalized spacial score (nSPS) is 22.5. The Balaban J connectivity index is 1.82. The van der Waals surface area contributed by atoms with E-state index in [0.29, 0.717) is 19.3 Å². The van der Waals surface area contributed by atoms with Gasteiger partial charge in [-0.05, 0) is 64.7 Å². The first kappa shape index (κ1) is 39.3. The fourth-order valence-electron chi connectivity index (χ4n) is 6.37. The van der Waals surface area contributed by atoms with Crippen LogP contribution in [0.5, 0.6) is 0 Å². The maximum atomic E-state index is 14.3. The summed E-state index contributed by atoms with van der Waals surface area (Å²) in [6.07, 6.45) is 12.6. The maximum absolute atomic E-state index is 14.3. The van der Waals surface area contributed by atoms with Crippen LogP contribution in [0.25, 0.3) is 0 Å². The predicted octanol–water partition coefficient (Wildman–Crippen LogP) is 2.99. The number of likely N-dealkylation sites (tertiary alicyclic amines) is 1. The van der Waals surface area contributed by atoms with Gasteiger partial charge in [-0.1, -0.05) is 59.8 Å². The minimum absolute atomic E-state index is 0.0155. The van der Waals surface area contributed by atoms with E-state index in [9.17, 15) is 32.4 Å². The number of amides is 5. The van der Waals surface area contributed by atoms with Gasteiger partial charge in [0.05, 0.1) is 22.1 Å². The second-order valence-corrected chi connectivity index (χ2v) is 18.8. The monoisotopic (exact) mass is 691 g/mol. The van der Waals surface area contributed by atoms with Crippen LogP contribution in [-0.2, 0) is 29.0 Å². The third kappa shape index (κ3) is 10.2. The van der Waals surface area contributed by atoms with Gasteiger partial charge < -0.3 is 26.2 Å². The van der Waals surface area contributed by atoms with E-state index in [4.69, 9.17) is 6.42 Å². The minimum atomic E-state index is -3.57. The van der Waals surface area contributed by atoms with Gasteiger partial charge in [0.25, 0.3) is 5.91 Å². The van der Waals surface area contributed by atoms with E-state index in [0.717, 1.165) is 38.5 Å². The summed E-state index contributed by atoms with van der Waals surface area (Å²) in [5, 5.41) is 11.2. The highest BCUT2D eigenvalue weighted by molar-refractivity contribution is 7.92. The first-order valence-electron chi connectivity index (χ1n) is 17.5.